The number of methoxy groups -OCH3 is 2. The lowest BCUT2D eigenvalue weighted by Gasteiger charge is -2.12. The molecular weight excluding hydrogens is 422 g/mol. The van der Waals surface area contributed by atoms with Crippen LogP contribution in [0.3, 0.4) is 0 Å². The highest BCUT2D eigenvalue weighted by molar-refractivity contribution is 5.87. The average molecular weight is 448 g/mol. The van der Waals surface area contributed by atoms with E-state index in [2.05, 4.69) is 10.1 Å². The number of halogens is 1. The van der Waals surface area contributed by atoms with Crippen LogP contribution in [0.25, 0.3) is 11.0 Å². The van der Waals surface area contributed by atoms with Gasteiger partial charge in [0.25, 0.3) is 0 Å². The van der Waals surface area contributed by atoms with E-state index in [4.69, 9.17) is 9.15 Å². The molecule has 3 aromatic rings. The fourth-order valence-electron chi connectivity index (χ4n) is 3.33. The molecule has 0 spiro atoms. The monoisotopic (exact) mass is 447 g/mol. The first kappa shape index (κ1) is 24.2. The van der Waals surface area contributed by atoms with E-state index in [0.29, 0.717) is 35.2 Å². The Hall–Kier alpha value is -3.03. The molecule has 0 radical (unpaired) electrons. The zero-order valence-corrected chi connectivity index (χ0v) is 18.5. The molecule has 0 saturated heterocycles. The van der Waals surface area contributed by atoms with E-state index >= 15 is 0 Å². The highest BCUT2D eigenvalue weighted by Gasteiger charge is 2.18. The van der Waals surface area contributed by atoms with Crippen LogP contribution in [0.4, 0.5) is 0 Å². The molecule has 8 heteroatoms. The van der Waals surface area contributed by atoms with E-state index in [1.807, 2.05) is 24.3 Å². The number of carbonyl (C=O) groups excluding carboxylic acids is 1. The standard InChI is InChI=1S/C23H25NO6.ClH/c1-14-17-8-9-20(25)19(22(17)30-23(27)18(14)12-21(26)29-3)13-24-11-10-15-4-6-16(28-2)7-5-15;/h4-9,24-25H,10-13H2,1-3H3;1H. The molecule has 166 valence electrons. The molecule has 31 heavy (non-hydrogen) atoms. The number of carbonyl (C=O) groups is 1. The van der Waals surface area contributed by atoms with Gasteiger partial charge in [-0.3, -0.25) is 4.79 Å². The van der Waals surface area contributed by atoms with Gasteiger partial charge in [0, 0.05) is 11.9 Å². The molecular formula is C23H26ClNO6. The first-order valence-corrected chi connectivity index (χ1v) is 9.62. The lowest BCUT2D eigenvalue weighted by Crippen LogP contribution is -2.19. The van der Waals surface area contributed by atoms with Crippen LogP contribution < -0.4 is 15.7 Å². The number of phenolic OH excluding ortho intramolecular Hbond substituents is 1. The average Bonchev–Trinajstić information content (AvgIpc) is 2.75. The first-order chi connectivity index (χ1) is 14.4. The van der Waals surface area contributed by atoms with Crippen LogP contribution in [0, 0.1) is 6.92 Å². The van der Waals surface area contributed by atoms with Crippen LogP contribution in [0.1, 0.15) is 22.3 Å². The second kappa shape index (κ2) is 10.8. The highest BCUT2D eigenvalue weighted by Crippen LogP contribution is 2.29. The van der Waals surface area contributed by atoms with Gasteiger partial charge in [0.1, 0.15) is 17.1 Å². The number of hydrogen-bond donors (Lipinski definition) is 2. The highest BCUT2D eigenvalue weighted by atomic mass is 35.5. The largest absolute Gasteiger partial charge is 0.507 e. The summed E-state index contributed by atoms with van der Waals surface area (Å²) in [4.78, 5) is 24.1. The smallest absolute Gasteiger partial charge is 0.340 e. The summed E-state index contributed by atoms with van der Waals surface area (Å²) in [6, 6.07) is 11.1. The Labute approximate surface area is 186 Å². The van der Waals surface area contributed by atoms with Crippen molar-refractivity contribution in [3.63, 3.8) is 0 Å². The predicted octanol–water partition coefficient (Wildman–Crippen LogP) is 3.29. The number of phenols is 1. The van der Waals surface area contributed by atoms with Crippen molar-refractivity contribution < 1.29 is 23.8 Å². The number of hydrogen-bond acceptors (Lipinski definition) is 7. The molecule has 0 aliphatic rings. The molecule has 0 amide bonds. The van der Waals surface area contributed by atoms with Crippen molar-refractivity contribution >= 4 is 29.3 Å². The summed E-state index contributed by atoms with van der Waals surface area (Å²) in [7, 11) is 2.90. The Morgan fingerprint density at radius 1 is 1.10 bits per heavy atom. The van der Waals surface area contributed by atoms with Crippen LogP contribution in [-0.2, 0) is 28.9 Å². The topological polar surface area (TPSA) is 98.0 Å². The summed E-state index contributed by atoms with van der Waals surface area (Å²) in [5.74, 6) is 0.344. The quantitative estimate of drug-likeness (QED) is 0.310. The van der Waals surface area contributed by atoms with Gasteiger partial charge in [-0.05, 0) is 55.3 Å². The number of ether oxygens (including phenoxy) is 2. The molecule has 0 fully saturated rings. The summed E-state index contributed by atoms with van der Waals surface area (Å²) in [5, 5.41) is 14.3. The molecule has 0 atom stereocenters. The molecule has 0 unspecified atom stereocenters. The fraction of sp³-hybridized carbons (Fsp3) is 0.304. The zero-order valence-electron chi connectivity index (χ0n) is 17.7. The third-order valence-electron chi connectivity index (χ3n) is 5.13. The van der Waals surface area contributed by atoms with Crippen LogP contribution in [0.15, 0.2) is 45.6 Å². The van der Waals surface area contributed by atoms with Gasteiger partial charge in [-0.25, -0.2) is 4.79 Å². The summed E-state index contributed by atoms with van der Waals surface area (Å²) < 4.78 is 15.3. The fourth-order valence-corrected chi connectivity index (χ4v) is 3.33. The lowest BCUT2D eigenvalue weighted by molar-refractivity contribution is -0.139. The SMILES string of the molecule is COC(=O)Cc1c(C)c2ccc(O)c(CNCCc3ccc(OC)cc3)c2oc1=O.Cl. The molecule has 0 bridgehead atoms. The van der Waals surface area contributed by atoms with Crippen molar-refractivity contribution in [3.8, 4) is 11.5 Å². The number of nitrogens with one attached hydrogen (secondary N) is 1. The predicted molar refractivity (Wildman–Crippen MR) is 120 cm³/mol. The maximum Gasteiger partial charge on any atom is 0.340 e. The summed E-state index contributed by atoms with van der Waals surface area (Å²) >= 11 is 0. The summed E-state index contributed by atoms with van der Waals surface area (Å²) in [5.41, 5.74) is 2.29. The Morgan fingerprint density at radius 3 is 2.45 bits per heavy atom. The van der Waals surface area contributed by atoms with Crippen molar-refractivity contribution in [3.05, 3.63) is 69.1 Å². The van der Waals surface area contributed by atoms with Gasteiger partial charge >= 0.3 is 11.6 Å². The Morgan fingerprint density at radius 2 is 1.81 bits per heavy atom. The van der Waals surface area contributed by atoms with E-state index in [1.54, 1.807) is 26.2 Å². The van der Waals surface area contributed by atoms with Crippen molar-refractivity contribution in [1.29, 1.82) is 0 Å². The molecule has 0 aliphatic carbocycles. The molecule has 0 saturated carbocycles. The molecule has 7 nitrogen and oxygen atoms in total. The van der Waals surface area contributed by atoms with E-state index in [9.17, 15) is 14.7 Å². The minimum atomic E-state index is -0.601. The third-order valence-corrected chi connectivity index (χ3v) is 5.13. The number of benzene rings is 2. The minimum Gasteiger partial charge on any atom is -0.507 e. The van der Waals surface area contributed by atoms with Crippen molar-refractivity contribution in [2.75, 3.05) is 20.8 Å². The second-order valence-electron chi connectivity index (χ2n) is 6.96. The van der Waals surface area contributed by atoms with E-state index in [-0.39, 0.29) is 30.1 Å². The van der Waals surface area contributed by atoms with Gasteiger partial charge in [0.05, 0.1) is 31.8 Å². The maximum atomic E-state index is 12.4. The summed E-state index contributed by atoms with van der Waals surface area (Å²) in [6.07, 6.45) is 0.638. The van der Waals surface area contributed by atoms with Gasteiger partial charge in [-0.2, -0.15) is 0 Å². The number of aryl methyl sites for hydroxylation is 1. The van der Waals surface area contributed by atoms with Gasteiger partial charge in [0.15, 0.2) is 0 Å². The molecule has 1 aromatic heterocycles. The Balaban J connectivity index is 0.00000341. The zero-order chi connectivity index (χ0) is 21.7. The summed E-state index contributed by atoms with van der Waals surface area (Å²) in [6.45, 7) is 2.76. The van der Waals surface area contributed by atoms with Crippen molar-refractivity contribution in [1.82, 2.24) is 5.32 Å². The van der Waals surface area contributed by atoms with Crippen LogP contribution in [-0.4, -0.2) is 31.8 Å². The Bertz CT molecular complexity index is 1110. The van der Waals surface area contributed by atoms with Crippen LogP contribution in [0.2, 0.25) is 0 Å². The van der Waals surface area contributed by atoms with Crippen LogP contribution in [0.5, 0.6) is 11.5 Å². The number of fused-ring (bicyclic) bond motifs is 1. The number of rotatable bonds is 8. The maximum absolute atomic E-state index is 12.4. The lowest BCUT2D eigenvalue weighted by atomic mass is 10.0. The van der Waals surface area contributed by atoms with E-state index < -0.39 is 11.6 Å². The third kappa shape index (κ3) is 5.57. The van der Waals surface area contributed by atoms with Crippen LogP contribution >= 0.6 is 12.4 Å². The molecule has 2 N–H and O–H groups in total. The molecule has 1 heterocycles. The molecule has 0 aliphatic heterocycles. The molecule has 2 aromatic carbocycles. The van der Waals surface area contributed by atoms with E-state index in [1.165, 1.54) is 7.11 Å². The first-order valence-electron chi connectivity index (χ1n) is 9.62. The second-order valence-corrected chi connectivity index (χ2v) is 6.96. The minimum absolute atomic E-state index is 0. The van der Waals surface area contributed by atoms with Crippen molar-refractivity contribution in [2.24, 2.45) is 0 Å². The van der Waals surface area contributed by atoms with Gasteiger partial charge in [0.2, 0.25) is 0 Å². The van der Waals surface area contributed by atoms with E-state index in [0.717, 1.165) is 17.7 Å². The Kier molecular flexibility index (Phi) is 8.47. The molecule has 3 rings (SSSR count). The van der Waals surface area contributed by atoms with Gasteiger partial charge < -0.3 is 24.3 Å². The number of aromatic hydroxyl groups is 1. The normalized spacial score (nSPS) is 10.5. The van der Waals surface area contributed by atoms with Crippen molar-refractivity contribution in [2.45, 2.75) is 26.3 Å². The van der Waals surface area contributed by atoms with Gasteiger partial charge in [-0.15, -0.1) is 12.4 Å². The number of esters is 1. The van der Waals surface area contributed by atoms with Gasteiger partial charge in [-0.1, -0.05) is 12.1 Å².